The number of carbonyl (C=O) groups excluding carboxylic acids is 1. The Kier molecular flexibility index (Phi) is 7.76. The normalized spacial score (nSPS) is 10.8. The Bertz CT molecular complexity index is 1130. The zero-order chi connectivity index (χ0) is 22.2. The standard InChI is InChI=1S/C19H13Cl2N5O4S/c20-13-3-4-16(14(21)9-13)30-11-18(27)25-24-10-12-2-5-17(15(8-12)26(28)29)31-19-22-6-1-7-23-19/h1-10H,11H2,(H,25,27)/b24-10+. The van der Waals surface area contributed by atoms with Crippen LogP contribution in [0.15, 0.2) is 70.0 Å². The minimum atomic E-state index is -0.537. The van der Waals surface area contributed by atoms with Gasteiger partial charge in [-0.25, -0.2) is 15.4 Å². The molecule has 0 radical (unpaired) electrons. The zero-order valence-electron chi connectivity index (χ0n) is 15.6. The quantitative estimate of drug-likeness (QED) is 0.221. The van der Waals surface area contributed by atoms with Crippen LogP contribution in [0.2, 0.25) is 10.0 Å². The molecular formula is C19H13Cl2N5O4S. The third kappa shape index (κ3) is 6.64. The van der Waals surface area contributed by atoms with Crippen molar-refractivity contribution in [2.45, 2.75) is 10.1 Å². The number of carbonyl (C=O) groups is 1. The molecule has 3 rings (SSSR count). The van der Waals surface area contributed by atoms with Crippen molar-refractivity contribution in [1.29, 1.82) is 0 Å². The van der Waals surface area contributed by atoms with Crippen LogP contribution in [0.5, 0.6) is 5.75 Å². The van der Waals surface area contributed by atoms with Crippen LogP contribution < -0.4 is 10.2 Å². The van der Waals surface area contributed by atoms with Crippen molar-refractivity contribution in [3.8, 4) is 5.75 Å². The van der Waals surface area contributed by atoms with E-state index in [1.807, 2.05) is 0 Å². The summed E-state index contributed by atoms with van der Waals surface area (Å²) in [6.45, 7) is -0.328. The lowest BCUT2D eigenvalue weighted by Gasteiger charge is -2.07. The molecule has 9 nitrogen and oxygen atoms in total. The number of nitro groups is 1. The minimum absolute atomic E-state index is 0.131. The van der Waals surface area contributed by atoms with Crippen LogP contribution in [0.3, 0.4) is 0 Å². The lowest BCUT2D eigenvalue weighted by Crippen LogP contribution is -2.24. The van der Waals surface area contributed by atoms with Gasteiger partial charge in [0.1, 0.15) is 5.75 Å². The van der Waals surface area contributed by atoms with E-state index < -0.39 is 10.8 Å². The summed E-state index contributed by atoms with van der Waals surface area (Å²) in [5, 5.41) is 16.3. The van der Waals surface area contributed by atoms with Crippen LogP contribution in [0.1, 0.15) is 5.56 Å². The molecule has 0 bridgehead atoms. The lowest BCUT2D eigenvalue weighted by atomic mass is 10.2. The molecule has 158 valence electrons. The minimum Gasteiger partial charge on any atom is -0.482 e. The molecule has 1 aromatic heterocycles. The first-order chi connectivity index (χ1) is 14.9. The Hall–Kier alpha value is -3.21. The highest BCUT2D eigenvalue weighted by atomic mass is 35.5. The van der Waals surface area contributed by atoms with E-state index in [1.165, 1.54) is 18.3 Å². The van der Waals surface area contributed by atoms with Crippen molar-refractivity contribution in [3.63, 3.8) is 0 Å². The molecule has 1 heterocycles. The average Bonchev–Trinajstić information content (AvgIpc) is 2.74. The van der Waals surface area contributed by atoms with Gasteiger partial charge in [-0.2, -0.15) is 5.10 Å². The van der Waals surface area contributed by atoms with Crippen molar-refractivity contribution < 1.29 is 14.5 Å². The summed E-state index contributed by atoms with van der Waals surface area (Å²) in [7, 11) is 0. The summed E-state index contributed by atoms with van der Waals surface area (Å²) in [6.07, 6.45) is 4.39. The molecule has 1 amide bonds. The van der Waals surface area contributed by atoms with Crippen LogP contribution in [0.25, 0.3) is 0 Å². The van der Waals surface area contributed by atoms with Gasteiger partial charge in [0.05, 0.1) is 21.1 Å². The highest BCUT2D eigenvalue weighted by Gasteiger charge is 2.16. The van der Waals surface area contributed by atoms with Gasteiger partial charge in [0, 0.05) is 29.0 Å². The van der Waals surface area contributed by atoms with E-state index >= 15 is 0 Å². The first-order valence-electron chi connectivity index (χ1n) is 8.55. The lowest BCUT2D eigenvalue weighted by molar-refractivity contribution is -0.387. The molecule has 31 heavy (non-hydrogen) atoms. The van der Waals surface area contributed by atoms with Gasteiger partial charge >= 0.3 is 0 Å². The molecule has 0 saturated carbocycles. The van der Waals surface area contributed by atoms with Crippen molar-refractivity contribution >= 4 is 52.8 Å². The van der Waals surface area contributed by atoms with E-state index in [0.29, 0.717) is 26.4 Å². The molecule has 0 fully saturated rings. The Morgan fingerprint density at radius 3 is 2.71 bits per heavy atom. The van der Waals surface area contributed by atoms with Crippen molar-refractivity contribution in [3.05, 3.63) is 80.6 Å². The molecule has 1 N–H and O–H groups in total. The number of halogens is 2. The van der Waals surface area contributed by atoms with E-state index in [1.54, 1.807) is 42.7 Å². The molecule has 2 aromatic carbocycles. The molecule has 0 saturated heterocycles. The number of hydrogen-bond donors (Lipinski definition) is 1. The first-order valence-corrected chi connectivity index (χ1v) is 10.1. The number of ether oxygens (including phenoxy) is 1. The maximum absolute atomic E-state index is 11.9. The Morgan fingerprint density at radius 2 is 2.00 bits per heavy atom. The molecule has 0 aliphatic rings. The van der Waals surface area contributed by atoms with Gasteiger partial charge in [-0.3, -0.25) is 14.9 Å². The van der Waals surface area contributed by atoms with E-state index in [9.17, 15) is 14.9 Å². The largest absolute Gasteiger partial charge is 0.482 e. The third-order valence-corrected chi connectivity index (χ3v) is 5.07. The maximum Gasteiger partial charge on any atom is 0.283 e. The van der Waals surface area contributed by atoms with E-state index in [4.69, 9.17) is 27.9 Å². The fraction of sp³-hybridized carbons (Fsp3) is 0.0526. The Morgan fingerprint density at radius 1 is 1.23 bits per heavy atom. The van der Waals surface area contributed by atoms with Crippen LogP contribution >= 0.6 is 35.0 Å². The van der Waals surface area contributed by atoms with Crippen LogP contribution in [-0.4, -0.2) is 33.6 Å². The van der Waals surface area contributed by atoms with Gasteiger partial charge in [0.25, 0.3) is 11.6 Å². The summed E-state index contributed by atoms with van der Waals surface area (Å²) in [6, 6.07) is 10.8. The Labute approximate surface area is 190 Å². The van der Waals surface area contributed by atoms with Gasteiger partial charge in [-0.1, -0.05) is 29.3 Å². The van der Waals surface area contributed by atoms with Gasteiger partial charge in [0.15, 0.2) is 11.8 Å². The SMILES string of the molecule is O=C(COc1ccc(Cl)cc1Cl)N/N=C/c1ccc(Sc2ncccn2)c([N+](=O)[O-])c1. The van der Waals surface area contributed by atoms with E-state index in [2.05, 4.69) is 20.5 Å². The highest BCUT2D eigenvalue weighted by Crippen LogP contribution is 2.33. The summed E-state index contributed by atoms with van der Waals surface area (Å²) in [4.78, 5) is 31.2. The van der Waals surface area contributed by atoms with Crippen LogP contribution in [0, 0.1) is 10.1 Å². The molecule has 0 atom stereocenters. The van der Waals surface area contributed by atoms with Crippen molar-refractivity contribution in [2.24, 2.45) is 5.10 Å². The van der Waals surface area contributed by atoms with Gasteiger partial charge in [-0.15, -0.1) is 0 Å². The number of nitro benzene ring substituents is 1. The highest BCUT2D eigenvalue weighted by molar-refractivity contribution is 7.99. The summed E-state index contributed by atoms with van der Waals surface area (Å²) in [5.41, 5.74) is 2.57. The monoisotopic (exact) mass is 477 g/mol. The molecule has 12 heteroatoms. The van der Waals surface area contributed by atoms with Gasteiger partial charge in [0.2, 0.25) is 0 Å². The number of rotatable bonds is 8. The predicted octanol–water partition coefficient (Wildman–Crippen LogP) is 4.37. The van der Waals surface area contributed by atoms with E-state index in [-0.39, 0.29) is 17.3 Å². The Balaban J connectivity index is 1.60. The number of nitrogens with zero attached hydrogens (tertiary/aromatic N) is 4. The second kappa shape index (κ2) is 10.7. The van der Waals surface area contributed by atoms with Gasteiger partial charge < -0.3 is 4.74 Å². The number of benzene rings is 2. The molecule has 0 aliphatic heterocycles. The topological polar surface area (TPSA) is 120 Å². The molecule has 3 aromatic rings. The predicted molar refractivity (Wildman–Crippen MR) is 117 cm³/mol. The summed E-state index contributed by atoms with van der Waals surface area (Å²) < 4.78 is 5.30. The summed E-state index contributed by atoms with van der Waals surface area (Å²) >= 11 is 12.8. The number of hydrazone groups is 1. The van der Waals surface area contributed by atoms with E-state index in [0.717, 1.165) is 11.8 Å². The van der Waals surface area contributed by atoms with Gasteiger partial charge in [-0.05, 0) is 42.1 Å². The average molecular weight is 478 g/mol. The molecule has 0 aliphatic carbocycles. The number of amides is 1. The fourth-order valence-corrected chi connectivity index (χ4v) is 3.49. The molecular weight excluding hydrogens is 465 g/mol. The second-order valence-corrected chi connectivity index (χ2v) is 7.63. The maximum atomic E-state index is 11.9. The molecule has 0 spiro atoms. The fourth-order valence-electron chi connectivity index (χ4n) is 2.23. The third-order valence-electron chi connectivity index (χ3n) is 3.58. The smallest absolute Gasteiger partial charge is 0.283 e. The summed E-state index contributed by atoms with van der Waals surface area (Å²) in [5.74, 6) is -0.235. The van der Waals surface area contributed by atoms with Crippen molar-refractivity contribution in [2.75, 3.05) is 6.61 Å². The number of aromatic nitrogens is 2. The zero-order valence-corrected chi connectivity index (χ0v) is 17.9. The first kappa shape index (κ1) is 22.5. The van der Waals surface area contributed by atoms with Crippen LogP contribution in [0.4, 0.5) is 5.69 Å². The number of hydrogen-bond acceptors (Lipinski definition) is 8. The second-order valence-electron chi connectivity index (χ2n) is 5.77. The molecule has 0 unspecified atom stereocenters. The van der Waals surface area contributed by atoms with Crippen molar-refractivity contribution in [1.82, 2.24) is 15.4 Å². The number of nitrogens with one attached hydrogen (secondary N) is 1. The van der Waals surface area contributed by atoms with Crippen LogP contribution in [-0.2, 0) is 4.79 Å².